The Labute approximate surface area is 262 Å². The number of aryl methyl sites for hydroxylation is 2. The van der Waals surface area contributed by atoms with Crippen LogP contribution in [-0.4, -0.2) is 65.7 Å². The fourth-order valence-electron chi connectivity index (χ4n) is 6.75. The van der Waals surface area contributed by atoms with Crippen LogP contribution in [0.25, 0.3) is 0 Å². The van der Waals surface area contributed by atoms with Crippen LogP contribution in [0.15, 0.2) is 76.0 Å². The number of piperazine rings is 1. The second-order valence-corrected chi connectivity index (χ2v) is 13.4. The molecule has 42 heavy (non-hydrogen) atoms. The van der Waals surface area contributed by atoms with E-state index >= 15 is 0 Å². The van der Waals surface area contributed by atoms with Crippen molar-refractivity contribution in [3.8, 4) is 0 Å². The molecule has 1 aromatic heterocycles. The summed E-state index contributed by atoms with van der Waals surface area (Å²) >= 11 is 10.1. The third-order valence-corrected chi connectivity index (χ3v) is 9.52. The van der Waals surface area contributed by atoms with Crippen LogP contribution < -0.4 is 5.32 Å². The minimum atomic E-state index is -0.282. The molecule has 0 spiro atoms. The van der Waals surface area contributed by atoms with Crippen molar-refractivity contribution in [2.45, 2.75) is 51.1 Å². The summed E-state index contributed by atoms with van der Waals surface area (Å²) in [7, 11) is 0. The summed E-state index contributed by atoms with van der Waals surface area (Å²) in [4.78, 5) is 28.0. The fraction of sp³-hybridized carbons (Fsp3) is 0.441. The van der Waals surface area contributed by atoms with Gasteiger partial charge < -0.3 is 10.2 Å². The van der Waals surface area contributed by atoms with Crippen LogP contribution in [0.5, 0.6) is 0 Å². The van der Waals surface area contributed by atoms with Crippen LogP contribution in [0.3, 0.4) is 0 Å². The molecule has 3 heterocycles. The molecular weight excluding hydrogens is 610 g/mol. The molecule has 220 valence electrons. The SMILES string of the molecule is CC1C=C(CN(CCCC2C=CN=C2)C(=O)[C@H]2CN([C@H]3c4ccc(Cl)cc4CCc4cc(Br)cnc43)CCN2)C=CC1. The Morgan fingerprint density at radius 2 is 2.12 bits per heavy atom. The van der Waals surface area contributed by atoms with Gasteiger partial charge in [-0.05, 0) is 94.4 Å². The number of halogens is 2. The average Bonchev–Trinajstić information content (AvgIpc) is 3.45. The van der Waals surface area contributed by atoms with E-state index in [1.165, 1.54) is 22.3 Å². The first kappa shape index (κ1) is 29.5. The van der Waals surface area contributed by atoms with Gasteiger partial charge in [0.15, 0.2) is 0 Å². The molecule has 0 saturated carbocycles. The van der Waals surface area contributed by atoms with Gasteiger partial charge in [-0.15, -0.1) is 0 Å². The lowest BCUT2D eigenvalue weighted by Gasteiger charge is -2.40. The first-order valence-electron chi connectivity index (χ1n) is 15.2. The molecule has 1 fully saturated rings. The van der Waals surface area contributed by atoms with Crippen molar-refractivity contribution in [1.82, 2.24) is 20.1 Å². The summed E-state index contributed by atoms with van der Waals surface area (Å²) in [6, 6.07) is 8.15. The molecule has 2 aromatic rings. The maximum atomic E-state index is 14.3. The molecule has 6 rings (SSSR count). The number of hydrogen-bond donors (Lipinski definition) is 1. The Hall–Kier alpha value is -2.58. The van der Waals surface area contributed by atoms with E-state index in [1.54, 1.807) is 0 Å². The van der Waals surface area contributed by atoms with Crippen LogP contribution in [0.4, 0.5) is 0 Å². The van der Waals surface area contributed by atoms with Crippen molar-refractivity contribution < 1.29 is 4.79 Å². The van der Waals surface area contributed by atoms with Crippen LogP contribution in [0.2, 0.25) is 5.02 Å². The molecular formula is C34H39BrClN5O. The van der Waals surface area contributed by atoms with Crippen molar-refractivity contribution in [1.29, 1.82) is 0 Å². The fourth-order valence-corrected chi connectivity index (χ4v) is 7.32. The molecule has 4 aliphatic rings. The van der Waals surface area contributed by atoms with E-state index in [1.807, 2.05) is 24.7 Å². The topological polar surface area (TPSA) is 60.8 Å². The molecule has 2 aliphatic carbocycles. The third kappa shape index (κ3) is 6.80. The highest BCUT2D eigenvalue weighted by Gasteiger charge is 2.36. The number of fused-ring (bicyclic) bond motifs is 2. The molecule has 1 saturated heterocycles. The lowest BCUT2D eigenvalue weighted by molar-refractivity contribution is -0.134. The van der Waals surface area contributed by atoms with E-state index < -0.39 is 0 Å². The summed E-state index contributed by atoms with van der Waals surface area (Å²) in [5.74, 6) is 1.05. The monoisotopic (exact) mass is 647 g/mol. The minimum Gasteiger partial charge on any atom is -0.337 e. The highest BCUT2D eigenvalue weighted by atomic mass is 79.9. The van der Waals surface area contributed by atoms with Gasteiger partial charge in [0.05, 0.1) is 17.8 Å². The third-order valence-electron chi connectivity index (χ3n) is 8.85. The zero-order chi connectivity index (χ0) is 29.1. The highest BCUT2D eigenvalue weighted by Crippen LogP contribution is 2.38. The number of rotatable bonds is 8. The average molecular weight is 649 g/mol. The summed E-state index contributed by atoms with van der Waals surface area (Å²) in [6.07, 6.45) is 19.5. The van der Waals surface area contributed by atoms with Gasteiger partial charge in [-0.25, -0.2) is 0 Å². The van der Waals surface area contributed by atoms with Gasteiger partial charge in [0.2, 0.25) is 5.91 Å². The summed E-state index contributed by atoms with van der Waals surface area (Å²) in [6.45, 7) is 5.84. The van der Waals surface area contributed by atoms with Crippen LogP contribution in [0.1, 0.15) is 54.6 Å². The zero-order valence-corrected chi connectivity index (χ0v) is 26.5. The largest absolute Gasteiger partial charge is 0.337 e. The molecule has 1 N–H and O–H groups in total. The Kier molecular flexibility index (Phi) is 9.39. The Balaban J connectivity index is 1.24. The maximum Gasteiger partial charge on any atom is 0.241 e. The number of carbonyl (C=O) groups excluding carboxylic acids is 1. The number of pyridine rings is 1. The number of carbonyl (C=O) groups is 1. The molecule has 2 aliphatic heterocycles. The van der Waals surface area contributed by atoms with Gasteiger partial charge >= 0.3 is 0 Å². The Morgan fingerprint density at radius 3 is 2.95 bits per heavy atom. The van der Waals surface area contributed by atoms with Gasteiger partial charge in [-0.1, -0.05) is 48.9 Å². The van der Waals surface area contributed by atoms with E-state index in [0.29, 0.717) is 24.9 Å². The van der Waals surface area contributed by atoms with E-state index in [0.717, 1.165) is 66.9 Å². The van der Waals surface area contributed by atoms with Crippen molar-refractivity contribution >= 4 is 39.7 Å². The standard InChI is InChI=1S/C34H39BrClN5O/c1-23-4-2-5-25(16-23)21-41(14-3-6-24-11-12-37-19-24)34(42)31-22-40(15-13-38-31)33-30-10-9-29(36)18-26(30)7-8-27-17-28(35)20-39-32(27)33/h2,5,9-12,16-20,23-24,31,33,38H,3-4,6-8,13-15,21-22H2,1H3/t23?,24?,31-,33+/m1/s1. The summed E-state index contributed by atoms with van der Waals surface area (Å²) in [5.41, 5.74) is 6.08. The minimum absolute atomic E-state index is 0.0213. The first-order chi connectivity index (χ1) is 20.4. The zero-order valence-electron chi connectivity index (χ0n) is 24.2. The number of aromatic nitrogens is 1. The normalized spacial score (nSPS) is 25.1. The molecule has 0 radical (unpaired) electrons. The summed E-state index contributed by atoms with van der Waals surface area (Å²) < 4.78 is 0.993. The molecule has 0 bridgehead atoms. The van der Waals surface area contributed by atoms with Gasteiger partial charge in [0, 0.05) is 66.7 Å². The van der Waals surface area contributed by atoms with Gasteiger partial charge in [0.25, 0.3) is 0 Å². The van der Waals surface area contributed by atoms with Crippen LogP contribution in [0, 0.1) is 11.8 Å². The van der Waals surface area contributed by atoms with E-state index in [9.17, 15) is 4.79 Å². The molecule has 6 nitrogen and oxygen atoms in total. The quantitative estimate of drug-likeness (QED) is 0.365. The second kappa shape index (κ2) is 13.4. The Morgan fingerprint density at radius 1 is 1.24 bits per heavy atom. The number of allylic oxidation sites excluding steroid dienone is 3. The van der Waals surface area contributed by atoms with E-state index in [-0.39, 0.29) is 18.0 Å². The van der Waals surface area contributed by atoms with Crippen molar-refractivity contribution in [3.63, 3.8) is 0 Å². The van der Waals surface area contributed by atoms with Gasteiger partial charge in [-0.2, -0.15) is 0 Å². The molecule has 2 unspecified atom stereocenters. The highest BCUT2D eigenvalue weighted by molar-refractivity contribution is 9.10. The number of amides is 1. The van der Waals surface area contributed by atoms with Crippen LogP contribution >= 0.6 is 27.5 Å². The molecule has 4 atom stereocenters. The van der Waals surface area contributed by atoms with E-state index in [4.69, 9.17) is 16.6 Å². The first-order valence-corrected chi connectivity index (χ1v) is 16.4. The van der Waals surface area contributed by atoms with Crippen LogP contribution in [-0.2, 0) is 17.6 Å². The number of hydrogen-bond acceptors (Lipinski definition) is 5. The number of benzene rings is 1. The maximum absolute atomic E-state index is 14.3. The predicted molar refractivity (Wildman–Crippen MR) is 174 cm³/mol. The van der Waals surface area contributed by atoms with Gasteiger partial charge in [-0.3, -0.25) is 19.7 Å². The smallest absolute Gasteiger partial charge is 0.241 e. The lowest BCUT2D eigenvalue weighted by atomic mass is 9.95. The van der Waals surface area contributed by atoms with Crippen molar-refractivity contribution in [2.75, 3.05) is 32.7 Å². The van der Waals surface area contributed by atoms with Gasteiger partial charge in [0.1, 0.15) is 0 Å². The predicted octanol–water partition coefficient (Wildman–Crippen LogP) is 6.30. The summed E-state index contributed by atoms with van der Waals surface area (Å²) in [5, 5.41) is 4.34. The number of aliphatic imine (C=N–C) groups is 1. The van der Waals surface area contributed by atoms with Crippen molar-refractivity contribution in [3.05, 3.63) is 98.4 Å². The van der Waals surface area contributed by atoms with Crippen molar-refractivity contribution in [2.24, 2.45) is 16.8 Å². The number of nitrogens with zero attached hydrogens (tertiary/aromatic N) is 4. The molecule has 1 aromatic carbocycles. The Bertz CT molecular complexity index is 1370. The number of nitrogens with one attached hydrogen (secondary N) is 1. The lowest BCUT2D eigenvalue weighted by Crippen LogP contribution is -2.58. The molecule has 1 amide bonds. The second-order valence-electron chi connectivity index (χ2n) is 12.0. The van der Waals surface area contributed by atoms with E-state index in [2.05, 4.69) is 85.5 Å². The molecule has 8 heteroatoms.